The van der Waals surface area contributed by atoms with Crippen molar-refractivity contribution in [2.24, 2.45) is 5.92 Å². The van der Waals surface area contributed by atoms with Crippen molar-refractivity contribution >= 4 is 26.6 Å². The van der Waals surface area contributed by atoms with Crippen molar-refractivity contribution in [3.8, 4) is 0 Å². The lowest BCUT2D eigenvalue weighted by Crippen LogP contribution is -2.30. The molecule has 118 valence electrons. The summed E-state index contributed by atoms with van der Waals surface area (Å²) in [4.78, 5) is -0.0639. The molecule has 0 spiro atoms. The molecule has 1 saturated carbocycles. The minimum absolute atomic E-state index is 0.0639. The lowest BCUT2D eigenvalue weighted by molar-refractivity contribution is 0.350. The highest BCUT2D eigenvalue weighted by Crippen LogP contribution is 2.31. The van der Waals surface area contributed by atoms with E-state index in [9.17, 15) is 13.0 Å². The standard InChI is InChI=1S/C17H21NO3S/c1-12-5-2-3-7-16(12)18-17-8-4-6-13-9-10-14(11-15(13)17)22(19,20)21/h4,6,8-12,16,18H,2-3,5,7H2,1H3,(H,19,20,21). The third-order valence-electron chi connectivity index (χ3n) is 4.60. The molecule has 1 aliphatic carbocycles. The molecule has 0 radical (unpaired) electrons. The van der Waals surface area contributed by atoms with Gasteiger partial charge < -0.3 is 5.32 Å². The van der Waals surface area contributed by atoms with Gasteiger partial charge in [-0.25, -0.2) is 0 Å². The predicted octanol–water partition coefficient (Wildman–Crippen LogP) is 4.08. The van der Waals surface area contributed by atoms with Crippen LogP contribution in [0.25, 0.3) is 10.8 Å². The van der Waals surface area contributed by atoms with Crippen LogP contribution < -0.4 is 5.32 Å². The smallest absolute Gasteiger partial charge is 0.294 e. The molecule has 2 N–H and O–H groups in total. The van der Waals surface area contributed by atoms with Gasteiger partial charge in [-0.1, -0.05) is 38.0 Å². The number of hydrogen-bond donors (Lipinski definition) is 2. The Balaban J connectivity index is 2.01. The second kappa shape index (κ2) is 5.89. The van der Waals surface area contributed by atoms with Gasteiger partial charge in [0.15, 0.2) is 0 Å². The van der Waals surface area contributed by atoms with E-state index in [0.29, 0.717) is 12.0 Å². The maximum Gasteiger partial charge on any atom is 0.294 e. The van der Waals surface area contributed by atoms with Gasteiger partial charge in [0.05, 0.1) is 4.90 Å². The molecule has 0 saturated heterocycles. The van der Waals surface area contributed by atoms with Crippen LogP contribution in [0.15, 0.2) is 41.3 Å². The number of hydrogen-bond acceptors (Lipinski definition) is 3. The zero-order valence-corrected chi connectivity index (χ0v) is 13.4. The molecule has 0 aromatic heterocycles. The highest BCUT2D eigenvalue weighted by Gasteiger charge is 2.21. The van der Waals surface area contributed by atoms with Crippen molar-refractivity contribution in [1.82, 2.24) is 0 Å². The number of rotatable bonds is 3. The highest BCUT2D eigenvalue weighted by atomic mass is 32.2. The Kier molecular flexibility index (Phi) is 4.10. The Bertz CT molecular complexity index is 786. The summed E-state index contributed by atoms with van der Waals surface area (Å²) < 4.78 is 32.0. The lowest BCUT2D eigenvalue weighted by atomic mass is 9.85. The molecule has 0 bridgehead atoms. The zero-order valence-electron chi connectivity index (χ0n) is 12.6. The summed E-state index contributed by atoms with van der Waals surface area (Å²) in [7, 11) is -4.18. The van der Waals surface area contributed by atoms with Crippen LogP contribution >= 0.6 is 0 Å². The van der Waals surface area contributed by atoms with Gasteiger partial charge in [-0.05, 0) is 42.3 Å². The van der Waals surface area contributed by atoms with Gasteiger partial charge in [-0.15, -0.1) is 0 Å². The van der Waals surface area contributed by atoms with Gasteiger partial charge >= 0.3 is 0 Å². The van der Waals surface area contributed by atoms with Gasteiger partial charge in [0.1, 0.15) is 0 Å². The molecular formula is C17H21NO3S. The average Bonchev–Trinajstić information content (AvgIpc) is 2.48. The normalized spacial score (nSPS) is 22.6. The van der Waals surface area contributed by atoms with E-state index in [4.69, 9.17) is 0 Å². The van der Waals surface area contributed by atoms with Crippen molar-refractivity contribution in [1.29, 1.82) is 0 Å². The van der Waals surface area contributed by atoms with Crippen molar-refractivity contribution in [2.45, 2.75) is 43.5 Å². The van der Waals surface area contributed by atoms with Crippen LogP contribution in [-0.2, 0) is 10.1 Å². The Morgan fingerprint density at radius 2 is 1.91 bits per heavy atom. The minimum Gasteiger partial charge on any atom is -0.382 e. The first-order valence-corrected chi connectivity index (χ1v) is 9.16. The van der Waals surface area contributed by atoms with E-state index >= 15 is 0 Å². The minimum atomic E-state index is -4.18. The Labute approximate surface area is 131 Å². The van der Waals surface area contributed by atoms with E-state index in [1.807, 2.05) is 18.2 Å². The molecule has 0 heterocycles. The quantitative estimate of drug-likeness (QED) is 0.837. The van der Waals surface area contributed by atoms with Crippen LogP contribution in [0.1, 0.15) is 32.6 Å². The molecule has 22 heavy (non-hydrogen) atoms. The number of anilines is 1. The molecule has 0 amide bonds. The van der Waals surface area contributed by atoms with Crippen LogP contribution in [0, 0.1) is 5.92 Å². The predicted molar refractivity (Wildman–Crippen MR) is 88.8 cm³/mol. The first-order chi connectivity index (χ1) is 10.4. The van der Waals surface area contributed by atoms with Gasteiger partial charge in [0, 0.05) is 17.1 Å². The fraction of sp³-hybridized carbons (Fsp3) is 0.412. The molecule has 2 atom stereocenters. The maximum atomic E-state index is 11.4. The van der Waals surface area contributed by atoms with Gasteiger partial charge in [0.2, 0.25) is 0 Å². The Morgan fingerprint density at radius 1 is 1.14 bits per heavy atom. The first-order valence-electron chi connectivity index (χ1n) is 7.72. The fourth-order valence-corrected chi connectivity index (χ4v) is 3.78. The lowest BCUT2D eigenvalue weighted by Gasteiger charge is -2.30. The molecule has 4 nitrogen and oxygen atoms in total. The molecule has 2 aromatic carbocycles. The summed E-state index contributed by atoms with van der Waals surface area (Å²) in [5.74, 6) is 0.605. The average molecular weight is 319 g/mol. The summed E-state index contributed by atoms with van der Waals surface area (Å²) in [6.45, 7) is 2.26. The molecule has 2 aromatic rings. The van der Waals surface area contributed by atoms with E-state index in [1.165, 1.54) is 25.3 Å². The maximum absolute atomic E-state index is 11.4. The van der Waals surface area contributed by atoms with Crippen LogP contribution in [0.3, 0.4) is 0 Å². The van der Waals surface area contributed by atoms with Gasteiger partial charge in [-0.3, -0.25) is 4.55 Å². The van der Waals surface area contributed by atoms with Crippen molar-refractivity contribution in [3.05, 3.63) is 36.4 Å². The molecule has 0 aliphatic heterocycles. The van der Waals surface area contributed by atoms with Gasteiger partial charge in [0.25, 0.3) is 10.1 Å². The third kappa shape index (κ3) is 3.10. The topological polar surface area (TPSA) is 66.4 Å². The fourth-order valence-electron chi connectivity index (χ4n) is 3.27. The summed E-state index contributed by atoms with van der Waals surface area (Å²) in [5.41, 5.74) is 0.932. The van der Waals surface area contributed by atoms with Crippen molar-refractivity contribution in [2.75, 3.05) is 5.32 Å². The van der Waals surface area contributed by atoms with E-state index < -0.39 is 10.1 Å². The Hall–Kier alpha value is -1.59. The van der Waals surface area contributed by atoms with Crippen LogP contribution in [0.4, 0.5) is 5.69 Å². The van der Waals surface area contributed by atoms with E-state index in [0.717, 1.165) is 22.9 Å². The van der Waals surface area contributed by atoms with Crippen LogP contribution in [0.5, 0.6) is 0 Å². The molecule has 3 rings (SSSR count). The number of benzene rings is 2. The van der Waals surface area contributed by atoms with Gasteiger partial charge in [-0.2, -0.15) is 8.42 Å². The van der Waals surface area contributed by atoms with Crippen LogP contribution in [-0.4, -0.2) is 19.0 Å². The Morgan fingerprint density at radius 3 is 2.64 bits per heavy atom. The largest absolute Gasteiger partial charge is 0.382 e. The summed E-state index contributed by atoms with van der Waals surface area (Å²) in [6.07, 6.45) is 4.86. The molecule has 2 unspecified atom stereocenters. The molecule has 5 heteroatoms. The third-order valence-corrected chi connectivity index (χ3v) is 5.45. The van der Waals surface area contributed by atoms with Crippen molar-refractivity contribution < 1.29 is 13.0 Å². The summed E-state index contributed by atoms with van der Waals surface area (Å²) >= 11 is 0. The van der Waals surface area contributed by atoms with Crippen molar-refractivity contribution in [3.63, 3.8) is 0 Å². The molecule has 1 fully saturated rings. The molecule has 1 aliphatic rings. The summed E-state index contributed by atoms with van der Waals surface area (Å²) in [5, 5.41) is 5.36. The van der Waals surface area contributed by atoms with E-state index in [-0.39, 0.29) is 4.90 Å². The monoisotopic (exact) mass is 319 g/mol. The second-order valence-electron chi connectivity index (χ2n) is 6.18. The zero-order chi connectivity index (χ0) is 15.7. The first kappa shape index (κ1) is 15.3. The highest BCUT2D eigenvalue weighted by molar-refractivity contribution is 7.85. The molecular weight excluding hydrogens is 298 g/mol. The second-order valence-corrected chi connectivity index (χ2v) is 7.60. The summed E-state index contributed by atoms with van der Waals surface area (Å²) in [6, 6.07) is 11.0. The SMILES string of the molecule is CC1CCCCC1Nc1cccc2ccc(S(=O)(=O)O)cc12. The number of fused-ring (bicyclic) bond motifs is 1. The van der Waals surface area contributed by atoms with E-state index in [2.05, 4.69) is 12.2 Å². The van der Waals surface area contributed by atoms with E-state index in [1.54, 1.807) is 12.1 Å². The van der Waals surface area contributed by atoms with Crippen LogP contribution in [0.2, 0.25) is 0 Å². The number of nitrogens with one attached hydrogen (secondary N) is 1.